The zero-order valence-corrected chi connectivity index (χ0v) is 17.7. The summed E-state index contributed by atoms with van der Waals surface area (Å²) in [5.74, 6) is 1.81. The van der Waals surface area contributed by atoms with Crippen molar-refractivity contribution < 1.29 is 0 Å². The first-order chi connectivity index (χ1) is 14.1. The molecule has 3 aromatic heterocycles. The fourth-order valence-electron chi connectivity index (χ4n) is 4.05. The molecule has 0 unspecified atom stereocenters. The van der Waals surface area contributed by atoms with Crippen LogP contribution in [0, 0.1) is 0 Å². The summed E-state index contributed by atoms with van der Waals surface area (Å²) >= 11 is 3.48. The van der Waals surface area contributed by atoms with E-state index in [0.717, 1.165) is 51.4 Å². The maximum Gasteiger partial charge on any atom is 0.157 e. The van der Waals surface area contributed by atoms with E-state index in [0.29, 0.717) is 0 Å². The quantitative estimate of drug-likeness (QED) is 0.433. The predicted octanol–water partition coefficient (Wildman–Crippen LogP) is 5.31. The lowest BCUT2D eigenvalue weighted by molar-refractivity contribution is 0.287. The zero-order chi connectivity index (χ0) is 20.0. The van der Waals surface area contributed by atoms with Crippen molar-refractivity contribution in [2.75, 3.05) is 5.32 Å². The van der Waals surface area contributed by atoms with Crippen LogP contribution in [0.25, 0.3) is 17.2 Å². The number of aromatic amines is 1. The van der Waals surface area contributed by atoms with E-state index < -0.39 is 0 Å². The number of fused-ring (bicyclic) bond motifs is 1. The minimum absolute atomic E-state index is 0.103. The predicted molar refractivity (Wildman–Crippen MR) is 119 cm³/mol. The molecule has 0 bridgehead atoms. The Morgan fingerprint density at radius 3 is 2.83 bits per heavy atom. The van der Waals surface area contributed by atoms with Gasteiger partial charge < -0.3 is 10.3 Å². The standard InChI is InChI=1S/C22H21BrN6/c1-3-14-11-15(5-6-17(14)25-19-7-10-29(2)28-19)22(8-4-9-22)21-26-18-12-16(23)13-24-20(18)27-21/h3,5-7,10-13H,1,4,8-9H2,2H3,(H,25,28)(H,24,26,27). The molecular weight excluding hydrogens is 428 g/mol. The van der Waals surface area contributed by atoms with Crippen LogP contribution in [0.5, 0.6) is 0 Å². The number of halogens is 1. The van der Waals surface area contributed by atoms with E-state index in [1.807, 2.05) is 31.5 Å². The van der Waals surface area contributed by atoms with Crippen LogP contribution < -0.4 is 5.32 Å². The second-order valence-corrected chi connectivity index (χ2v) is 8.46. The Morgan fingerprint density at radius 1 is 1.28 bits per heavy atom. The molecule has 0 amide bonds. The number of hydrogen-bond acceptors (Lipinski definition) is 4. The lowest BCUT2D eigenvalue weighted by Crippen LogP contribution is -2.36. The van der Waals surface area contributed by atoms with Crippen molar-refractivity contribution in [3.8, 4) is 0 Å². The first-order valence-electron chi connectivity index (χ1n) is 9.63. The van der Waals surface area contributed by atoms with Crippen molar-refractivity contribution in [2.45, 2.75) is 24.7 Å². The van der Waals surface area contributed by atoms with Crippen LogP contribution >= 0.6 is 15.9 Å². The number of aryl methyl sites for hydroxylation is 1. The maximum atomic E-state index is 4.89. The van der Waals surface area contributed by atoms with Gasteiger partial charge in [-0.15, -0.1) is 0 Å². The summed E-state index contributed by atoms with van der Waals surface area (Å²) in [5.41, 5.74) is 4.91. The molecule has 0 saturated heterocycles. The molecule has 0 atom stereocenters. The Labute approximate surface area is 177 Å². The monoisotopic (exact) mass is 448 g/mol. The molecule has 7 heteroatoms. The average Bonchev–Trinajstić information content (AvgIpc) is 3.27. The van der Waals surface area contributed by atoms with Crippen LogP contribution in [-0.2, 0) is 12.5 Å². The Balaban J connectivity index is 1.54. The van der Waals surface area contributed by atoms with Gasteiger partial charge >= 0.3 is 0 Å². The molecule has 5 rings (SSSR count). The molecule has 2 N–H and O–H groups in total. The summed E-state index contributed by atoms with van der Waals surface area (Å²) in [6, 6.07) is 10.5. The third-order valence-corrected chi connectivity index (χ3v) is 6.20. The van der Waals surface area contributed by atoms with Crippen LogP contribution in [0.3, 0.4) is 0 Å². The van der Waals surface area contributed by atoms with E-state index in [1.54, 1.807) is 10.9 Å². The smallest absolute Gasteiger partial charge is 0.157 e. The molecule has 1 aliphatic carbocycles. The molecule has 1 fully saturated rings. The van der Waals surface area contributed by atoms with E-state index in [1.165, 1.54) is 12.0 Å². The number of nitrogens with zero attached hydrogens (tertiary/aromatic N) is 4. The van der Waals surface area contributed by atoms with Gasteiger partial charge in [-0.1, -0.05) is 25.1 Å². The third kappa shape index (κ3) is 3.06. The number of H-pyrrole nitrogens is 1. The number of imidazole rings is 1. The second kappa shape index (κ2) is 6.84. The van der Waals surface area contributed by atoms with Crippen molar-refractivity contribution in [2.24, 2.45) is 7.05 Å². The van der Waals surface area contributed by atoms with Crippen LogP contribution in [0.15, 0.2) is 53.8 Å². The van der Waals surface area contributed by atoms with Gasteiger partial charge in [0.2, 0.25) is 0 Å². The highest BCUT2D eigenvalue weighted by atomic mass is 79.9. The van der Waals surface area contributed by atoms with Crippen molar-refractivity contribution in [3.05, 3.63) is 70.7 Å². The number of nitrogens with one attached hydrogen (secondary N) is 2. The zero-order valence-electron chi connectivity index (χ0n) is 16.1. The number of aromatic nitrogens is 5. The van der Waals surface area contributed by atoms with Crippen LogP contribution in [0.2, 0.25) is 0 Å². The molecule has 1 aliphatic rings. The number of anilines is 2. The van der Waals surface area contributed by atoms with E-state index in [9.17, 15) is 0 Å². The highest BCUT2D eigenvalue weighted by molar-refractivity contribution is 9.10. The summed E-state index contributed by atoms with van der Waals surface area (Å²) in [6.45, 7) is 4.02. The number of pyridine rings is 1. The highest BCUT2D eigenvalue weighted by Crippen LogP contribution is 2.49. The molecule has 146 valence electrons. The lowest BCUT2D eigenvalue weighted by Gasteiger charge is -2.41. The Bertz CT molecular complexity index is 1220. The van der Waals surface area contributed by atoms with Crippen LogP contribution in [0.4, 0.5) is 11.5 Å². The molecule has 3 heterocycles. The van der Waals surface area contributed by atoms with Gasteiger partial charge in [-0.05, 0) is 58.1 Å². The minimum atomic E-state index is -0.103. The highest BCUT2D eigenvalue weighted by Gasteiger charge is 2.43. The molecule has 0 spiro atoms. The molecule has 29 heavy (non-hydrogen) atoms. The van der Waals surface area contributed by atoms with Gasteiger partial charge in [0.15, 0.2) is 11.5 Å². The fraction of sp³-hybridized carbons (Fsp3) is 0.227. The Hall–Kier alpha value is -2.93. The first kappa shape index (κ1) is 18.1. The van der Waals surface area contributed by atoms with E-state index in [-0.39, 0.29) is 5.41 Å². The number of hydrogen-bond donors (Lipinski definition) is 2. The Morgan fingerprint density at radius 2 is 2.14 bits per heavy atom. The summed E-state index contributed by atoms with van der Waals surface area (Å²) < 4.78 is 2.71. The molecule has 1 saturated carbocycles. The first-order valence-corrected chi connectivity index (χ1v) is 10.4. The van der Waals surface area contributed by atoms with Gasteiger partial charge in [0.25, 0.3) is 0 Å². The van der Waals surface area contributed by atoms with E-state index in [4.69, 9.17) is 4.98 Å². The number of rotatable bonds is 5. The van der Waals surface area contributed by atoms with Gasteiger partial charge in [0.05, 0.1) is 5.41 Å². The molecule has 1 aromatic carbocycles. The van der Waals surface area contributed by atoms with Crippen LogP contribution in [-0.4, -0.2) is 24.7 Å². The lowest BCUT2D eigenvalue weighted by atomic mass is 9.63. The summed E-state index contributed by atoms with van der Waals surface area (Å²) in [5, 5.41) is 7.79. The Kier molecular flexibility index (Phi) is 4.28. The van der Waals surface area contributed by atoms with Gasteiger partial charge in [-0.2, -0.15) is 5.10 Å². The largest absolute Gasteiger partial charge is 0.338 e. The summed E-state index contributed by atoms with van der Waals surface area (Å²) in [6.07, 6.45) is 8.92. The molecule has 0 aliphatic heterocycles. The molecular formula is C22H21BrN6. The van der Waals surface area contributed by atoms with E-state index in [2.05, 4.69) is 61.1 Å². The topological polar surface area (TPSA) is 71.4 Å². The normalized spacial score (nSPS) is 15.2. The SMILES string of the molecule is C=Cc1cc(C2(c3nc4cc(Br)cnc4[nH]3)CCC2)ccc1Nc1ccn(C)n1. The van der Waals surface area contributed by atoms with Crippen molar-refractivity contribution >= 4 is 44.7 Å². The molecule has 0 radical (unpaired) electrons. The van der Waals surface area contributed by atoms with Gasteiger partial charge in [0.1, 0.15) is 11.3 Å². The summed E-state index contributed by atoms with van der Waals surface area (Å²) in [7, 11) is 1.91. The molecule has 6 nitrogen and oxygen atoms in total. The average molecular weight is 449 g/mol. The van der Waals surface area contributed by atoms with Crippen molar-refractivity contribution in [1.29, 1.82) is 0 Å². The van der Waals surface area contributed by atoms with Gasteiger partial charge in [0, 0.05) is 35.7 Å². The molecule has 4 aromatic rings. The van der Waals surface area contributed by atoms with Crippen molar-refractivity contribution in [3.63, 3.8) is 0 Å². The van der Waals surface area contributed by atoms with E-state index >= 15 is 0 Å². The van der Waals surface area contributed by atoms with Crippen LogP contribution in [0.1, 0.15) is 36.2 Å². The third-order valence-electron chi connectivity index (χ3n) is 5.76. The number of benzene rings is 1. The maximum absolute atomic E-state index is 4.89. The minimum Gasteiger partial charge on any atom is -0.338 e. The summed E-state index contributed by atoms with van der Waals surface area (Å²) in [4.78, 5) is 12.8. The fourth-order valence-corrected chi connectivity index (χ4v) is 4.37. The van der Waals surface area contributed by atoms with Crippen molar-refractivity contribution in [1.82, 2.24) is 24.7 Å². The van der Waals surface area contributed by atoms with Gasteiger partial charge in [-0.3, -0.25) is 4.68 Å². The van der Waals surface area contributed by atoms with Gasteiger partial charge in [-0.25, -0.2) is 9.97 Å². The second-order valence-electron chi connectivity index (χ2n) is 7.55.